The molecule has 0 saturated heterocycles. The second kappa shape index (κ2) is 14.2. The third-order valence-electron chi connectivity index (χ3n) is 11.7. The number of rotatable bonds is 5. The summed E-state index contributed by atoms with van der Waals surface area (Å²) in [6.07, 6.45) is 1.83. The Balaban J connectivity index is 1.24. The van der Waals surface area contributed by atoms with Crippen molar-refractivity contribution in [2.45, 2.75) is 78.6 Å². The van der Waals surface area contributed by atoms with E-state index in [0.717, 1.165) is 82.8 Å². The molecule has 8 nitrogen and oxygen atoms in total. The predicted octanol–water partition coefficient (Wildman–Crippen LogP) is 13.5. The largest absolute Gasteiger partial charge is 0.507 e. The summed E-state index contributed by atoms with van der Waals surface area (Å²) in [7, 11) is 0. The third kappa shape index (κ3) is 6.81. The molecule has 0 aliphatic heterocycles. The Hall–Kier alpha value is -6.71. The number of para-hydroxylation sites is 1. The fourth-order valence-corrected chi connectivity index (χ4v) is 9.25. The molecule has 0 aliphatic carbocycles. The van der Waals surface area contributed by atoms with Crippen LogP contribution in [0.4, 0.5) is 0 Å². The van der Waals surface area contributed by atoms with Crippen LogP contribution in [0, 0.1) is 0 Å². The molecule has 308 valence electrons. The molecule has 62 heavy (non-hydrogen) atoms. The van der Waals surface area contributed by atoms with Crippen molar-refractivity contribution in [1.29, 1.82) is 0 Å². The number of phenols is 1. The van der Waals surface area contributed by atoms with E-state index in [4.69, 9.17) is 24.9 Å². The lowest BCUT2D eigenvalue weighted by atomic mass is 9.86. The van der Waals surface area contributed by atoms with Gasteiger partial charge in [-0.05, 0) is 89.3 Å². The second-order valence-electron chi connectivity index (χ2n) is 19.4. The molecule has 10 aromatic rings. The van der Waals surface area contributed by atoms with E-state index in [2.05, 4.69) is 156 Å². The van der Waals surface area contributed by atoms with Crippen molar-refractivity contribution in [3.63, 3.8) is 0 Å². The Bertz CT molecular complexity index is 3320. The maximum absolute atomic E-state index is 11.9. The van der Waals surface area contributed by atoms with Gasteiger partial charge in [-0.25, -0.2) is 23.7 Å². The molecule has 5 heterocycles. The van der Waals surface area contributed by atoms with Crippen LogP contribution >= 0.6 is 11.5 Å². The first-order valence-electron chi connectivity index (χ1n) is 21.1. The van der Waals surface area contributed by atoms with Crippen LogP contribution in [0.3, 0.4) is 0 Å². The summed E-state index contributed by atoms with van der Waals surface area (Å²) in [6, 6.07) is 41.8. The van der Waals surface area contributed by atoms with Crippen LogP contribution < -0.4 is 0 Å². The standard InChI is InChI=1S/C53H49N7OS/c1-51(2,3)34-20-22-35(23-21-34)59-41-18-14-16-36(47(41)58-49(59)38-28-42-40(29-43(38)61)55-50-37-15-10-11-19-44(37)62-60(42)50)31-25-32(39-17-12-13-24-54-39)27-33(26-31)48-56-45(52(4,5)6)30-46(57-48)53(7,8)9/h10-30,61H,1-9H3. The van der Waals surface area contributed by atoms with E-state index in [1.54, 1.807) is 17.6 Å². The van der Waals surface area contributed by atoms with Crippen molar-refractivity contribution in [1.82, 2.24) is 33.3 Å². The average molecular weight is 832 g/mol. The topological polar surface area (TPSA) is 94.0 Å². The van der Waals surface area contributed by atoms with Gasteiger partial charge < -0.3 is 5.11 Å². The molecular weight excluding hydrogens is 783 g/mol. The molecule has 0 atom stereocenters. The van der Waals surface area contributed by atoms with Crippen molar-refractivity contribution in [2.75, 3.05) is 0 Å². The minimum atomic E-state index is -0.187. The number of fused-ring (bicyclic) bond motifs is 6. The van der Waals surface area contributed by atoms with Crippen LogP contribution in [0.25, 0.3) is 88.6 Å². The van der Waals surface area contributed by atoms with Crippen LogP contribution in [0.5, 0.6) is 5.75 Å². The predicted molar refractivity (Wildman–Crippen MR) is 256 cm³/mol. The normalized spacial score (nSPS) is 12.7. The van der Waals surface area contributed by atoms with Gasteiger partial charge in [-0.1, -0.05) is 116 Å². The van der Waals surface area contributed by atoms with Gasteiger partial charge in [0.15, 0.2) is 11.5 Å². The number of pyridine rings is 1. The number of aromatic nitrogens is 7. The van der Waals surface area contributed by atoms with Crippen LogP contribution in [0.1, 0.15) is 79.3 Å². The lowest BCUT2D eigenvalue weighted by Gasteiger charge is -2.24. The molecule has 5 aromatic heterocycles. The lowest BCUT2D eigenvalue weighted by Crippen LogP contribution is -2.20. The van der Waals surface area contributed by atoms with Gasteiger partial charge in [-0.15, -0.1) is 0 Å². The van der Waals surface area contributed by atoms with E-state index >= 15 is 0 Å². The average Bonchev–Trinajstić information content (AvgIpc) is 3.92. The van der Waals surface area contributed by atoms with E-state index in [1.807, 2.05) is 36.5 Å². The first-order chi connectivity index (χ1) is 29.5. The third-order valence-corrected chi connectivity index (χ3v) is 12.8. The number of hydrogen-bond acceptors (Lipinski definition) is 7. The SMILES string of the molecule is CC(C)(C)c1ccc(-n2c(-c3cc4c(cc3O)nc3c5ccccc5sn43)nc3c(-c4cc(-c5ccccn5)cc(-c5nc(C(C)(C)C)cc(C(C)(C)C)n5)c4)cccc32)cc1. The highest BCUT2D eigenvalue weighted by molar-refractivity contribution is 7.14. The zero-order valence-electron chi connectivity index (χ0n) is 36.6. The summed E-state index contributed by atoms with van der Waals surface area (Å²) in [5.41, 5.74) is 13.2. The molecule has 0 aliphatic rings. The molecule has 0 fully saturated rings. The molecule has 5 aromatic carbocycles. The Morgan fingerprint density at radius 2 is 1.26 bits per heavy atom. The zero-order valence-corrected chi connectivity index (χ0v) is 37.4. The minimum absolute atomic E-state index is 0.0213. The number of aromatic hydroxyl groups is 1. The first kappa shape index (κ1) is 39.4. The quantitative estimate of drug-likeness (QED) is 0.186. The van der Waals surface area contributed by atoms with Gasteiger partial charge >= 0.3 is 0 Å². The highest BCUT2D eigenvalue weighted by Gasteiger charge is 2.26. The molecule has 1 N–H and O–H groups in total. The van der Waals surface area contributed by atoms with Gasteiger partial charge in [-0.2, -0.15) is 0 Å². The van der Waals surface area contributed by atoms with Crippen molar-refractivity contribution in [3.05, 3.63) is 144 Å². The number of imidazole rings is 2. The van der Waals surface area contributed by atoms with Crippen molar-refractivity contribution >= 4 is 49.3 Å². The molecule has 9 heteroatoms. The Morgan fingerprint density at radius 3 is 1.95 bits per heavy atom. The van der Waals surface area contributed by atoms with Gasteiger partial charge in [0.1, 0.15) is 11.6 Å². The minimum Gasteiger partial charge on any atom is -0.507 e. The maximum Gasteiger partial charge on any atom is 0.159 e. The van der Waals surface area contributed by atoms with Gasteiger partial charge in [0.25, 0.3) is 0 Å². The molecule has 0 unspecified atom stereocenters. The second-order valence-corrected chi connectivity index (χ2v) is 20.4. The van der Waals surface area contributed by atoms with E-state index in [9.17, 15) is 5.11 Å². The fraction of sp³-hybridized carbons (Fsp3) is 0.226. The van der Waals surface area contributed by atoms with Gasteiger partial charge in [0.2, 0.25) is 0 Å². The van der Waals surface area contributed by atoms with E-state index in [0.29, 0.717) is 17.2 Å². The van der Waals surface area contributed by atoms with Gasteiger partial charge in [0, 0.05) is 50.9 Å². The summed E-state index contributed by atoms with van der Waals surface area (Å²) in [5, 5.41) is 13.0. The van der Waals surface area contributed by atoms with Crippen molar-refractivity contribution in [2.24, 2.45) is 0 Å². The molecule has 0 radical (unpaired) electrons. The van der Waals surface area contributed by atoms with Crippen LogP contribution in [-0.4, -0.2) is 38.4 Å². The fourth-order valence-electron chi connectivity index (χ4n) is 8.19. The Morgan fingerprint density at radius 1 is 0.565 bits per heavy atom. The van der Waals surface area contributed by atoms with Crippen molar-refractivity contribution in [3.8, 4) is 56.6 Å². The molecule has 0 amide bonds. The summed E-state index contributed by atoms with van der Waals surface area (Å²) in [5.74, 6) is 1.41. The van der Waals surface area contributed by atoms with E-state index in [-0.39, 0.29) is 22.0 Å². The molecule has 0 spiro atoms. The molecule has 0 bridgehead atoms. The Kier molecular flexibility index (Phi) is 9.01. The highest BCUT2D eigenvalue weighted by atomic mass is 32.1. The van der Waals surface area contributed by atoms with E-state index in [1.165, 1.54) is 5.56 Å². The van der Waals surface area contributed by atoms with Crippen molar-refractivity contribution < 1.29 is 5.11 Å². The van der Waals surface area contributed by atoms with E-state index < -0.39 is 0 Å². The number of nitrogens with zero attached hydrogens (tertiary/aromatic N) is 7. The first-order valence-corrected chi connectivity index (χ1v) is 21.9. The summed E-state index contributed by atoms with van der Waals surface area (Å²) < 4.78 is 5.48. The monoisotopic (exact) mass is 831 g/mol. The number of benzene rings is 5. The van der Waals surface area contributed by atoms with Crippen LogP contribution in [0.2, 0.25) is 0 Å². The Labute approximate surface area is 365 Å². The lowest BCUT2D eigenvalue weighted by molar-refractivity contribution is 0.477. The smallest absolute Gasteiger partial charge is 0.159 e. The maximum atomic E-state index is 11.9. The highest BCUT2D eigenvalue weighted by Crippen LogP contribution is 2.42. The number of hydrogen-bond donors (Lipinski definition) is 1. The summed E-state index contributed by atoms with van der Waals surface area (Å²) in [4.78, 5) is 25.7. The van der Waals surface area contributed by atoms with Crippen LogP contribution in [-0.2, 0) is 16.2 Å². The van der Waals surface area contributed by atoms with Crippen LogP contribution in [0.15, 0.2) is 128 Å². The number of phenolic OH excluding ortho intramolecular Hbond substituents is 1. The molecular formula is C53H49N7OS. The summed E-state index contributed by atoms with van der Waals surface area (Å²) >= 11 is 1.65. The zero-order chi connectivity index (χ0) is 43.3. The van der Waals surface area contributed by atoms with Gasteiger partial charge in [0.05, 0.1) is 49.4 Å². The molecule has 10 rings (SSSR count). The molecule has 0 saturated carbocycles. The van der Waals surface area contributed by atoms with Gasteiger partial charge in [-0.3, -0.25) is 9.55 Å². The summed E-state index contributed by atoms with van der Waals surface area (Å²) in [6.45, 7) is 19.8.